The molecule has 0 spiro atoms. The SMILES string of the molecule is CC(C)(C)c1ccc([C@@H](N)CCCCN)cc1.Cl. The predicted octanol–water partition coefficient (Wildman–Crippen LogP) is 3.53. The first-order chi connectivity index (χ1) is 7.95. The molecule has 0 amide bonds. The Morgan fingerprint density at radius 2 is 1.61 bits per heavy atom. The van der Waals surface area contributed by atoms with Crippen LogP contribution in [0.2, 0.25) is 0 Å². The highest BCUT2D eigenvalue weighted by atomic mass is 35.5. The van der Waals surface area contributed by atoms with E-state index in [1.807, 2.05) is 0 Å². The van der Waals surface area contributed by atoms with Gasteiger partial charge in [-0.25, -0.2) is 0 Å². The Kier molecular flexibility index (Phi) is 7.53. The Labute approximate surface area is 118 Å². The lowest BCUT2D eigenvalue weighted by molar-refractivity contribution is 0.581. The predicted molar refractivity (Wildman–Crippen MR) is 82.2 cm³/mol. The van der Waals surface area contributed by atoms with E-state index in [2.05, 4.69) is 45.0 Å². The Morgan fingerprint density at radius 1 is 1.06 bits per heavy atom. The molecular formula is C15H27ClN2. The van der Waals surface area contributed by atoms with Crippen LogP contribution in [0.3, 0.4) is 0 Å². The molecule has 0 aromatic heterocycles. The molecule has 18 heavy (non-hydrogen) atoms. The summed E-state index contributed by atoms with van der Waals surface area (Å²) in [7, 11) is 0. The van der Waals surface area contributed by atoms with Gasteiger partial charge in [-0.1, -0.05) is 51.5 Å². The molecule has 0 saturated carbocycles. The number of halogens is 1. The molecule has 3 heteroatoms. The number of benzene rings is 1. The van der Waals surface area contributed by atoms with Crippen LogP contribution in [-0.2, 0) is 5.41 Å². The number of nitrogens with two attached hydrogens (primary N) is 2. The second-order valence-corrected chi connectivity index (χ2v) is 5.76. The molecule has 1 aromatic rings. The number of hydrogen-bond donors (Lipinski definition) is 2. The molecule has 104 valence electrons. The van der Waals surface area contributed by atoms with Crippen LogP contribution in [-0.4, -0.2) is 6.54 Å². The van der Waals surface area contributed by atoms with Gasteiger partial charge >= 0.3 is 0 Å². The third-order valence-electron chi connectivity index (χ3n) is 3.17. The van der Waals surface area contributed by atoms with E-state index in [4.69, 9.17) is 11.5 Å². The highest BCUT2D eigenvalue weighted by molar-refractivity contribution is 5.85. The normalized spacial score (nSPS) is 12.9. The van der Waals surface area contributed by atoms with Gasteiger partial charge in [0.05, 0.1) is 0 Å². The lowest BCUT2D eigenvalue weighted by Gasteiger charge is -2.20. The zero-order valence-electron chi connectivity index (χ0n) is 11.8. The number of hydrogen-bond acceptors (Lipinski definition) is 2. The Balaban J connectivity index is 0.00000289. The van der Waals surface area contributed by atoms with Crippen molar-refractivity contribution in [3.8, 4) is 0 Å². The monoisotopic (exact) mass is 270 g/mol. The standard InChI is InChI=1S/C15H26N2.ClH/c1-15(2,3)13-9-7-12(8-10-13)14(17)6-4-5-11-16;/h7-10,14H,4-6,11,16-17H2,1-3H3;1H/t14-;/m0./s1. The van der Waals surface area contributed by atoms with Gasteiger partial charge in [-0.05, 0) is 35.9 Å². The van der Waals surface area contributed by atoms with Gasteiger partial charge in [0, 0.05) is 6.04 Å². The largest absolute Gasteiger partial charge is 0.330 e. The topological polar surface area (TPSA) is 52.0 Å². The molecule has 0 aliphatic heterocycles. The first kappa shape index (κ1) is 17.4. The van der Waals surface area contributed by atoms with Crippen molar-refractivity contribution in [1.29, 1.82) is 0 Å². The lowest BCUT2D eigenvalue weighted by Crippen LogP contribution is -2.13. The third-order valence-corrected chi connectivity index (χ3v) is 3.17. The second kappa shape index (κ2) is 7.78. The lowest BCUT2D eigenvalue weighted by atomic mass is 9.86. The van der Waals surface area contributed by atoms with E-state index in [9.17, 15) is 0 Å². The van der Waals surface area contributed by atoms with Crippen molar-refractivity contribution in [1.82, 2.24) is 0 Å². The van der Waals surface area contributed by atoms with Crippen LogP contribution in [0.15, 0.2) is 24.3 Å². The van der Waals surface area contributed by atoms with Crippen LogP contribution in [0.25, 0.3) is 0 Å². The molecule has 1 aromatic carbocycles. The van der Waals surface area contributed by atoms with Gasteiger partial charge in [0.2, 0.25) is 0 Å². The van der Waals surface area contributed by atoms with E-state index >= 15 is 0 Å². The molecule has 0 saturated heterocycles. The van der Waals surface area contributed by atoms with Crippen molar-refractivity contribution in [2.75, 3.05) is 6.54 Å². The summed E-state index contributed by atoms with van der Waals surface area (Å²) in [5.74, 6) is 0. The quantitative estimate of drug-likeness (QED) is 0.804. The highest BCUT2D eigenvalue weighted by Crippen LogP contribution is 2.24. The average molecular weight is 271 g/mol. The second-order valence-electron chi connectivity index (χ2n) is 5.76. The van der Waals surface area contributed by atoms with Gasteiger partial charge in [0.1, 0.15) is 0 Å². The summed E-state index contributed by atoms with van der Waals surface area (Å²) in [5, 5.41) is 0. The van der Waals surface area contributed by atoms with E-state index in [1.165, 1.54) is 11.1 Å². The minimum atomic E-state index is 0. The van der Waals surface area contributed by atoms with Crippen LogP contribution in [0.5, 0.6) is 0 Å². The third kappa shape index (κ3) is 5.38. The molecule has 0 bridgehead atoms. The Morgan fingerprint density at radius 3 is 2.06 bits per heavy atom. The smallest absolute Gasteiger partial charge is 0.0294 e. The molecule has 0 heterocycles. The minimum Gasteiger partial charge on any atom is -0.330 e. The van der Waals surface area contributed by atoms with Crippen molar-refractivity contribution in [2.45, 2.75) is 51.5 Å². The van der Waals surface area contributed by atoms with Crippen molar-refractivity contribution >= 4 is 12.4 Å². The van der Waals surface area contributed by atoms with Crippen LogP contribution in [0, 0.1) is 0 Å². The van der Waals surface area contributed by atoms with Gasteiger partial charge in [0.25, 0.3) is 0 Å². The fourth-order valence-electron chi connectivity index (χ4n) is 1.91. The van der Waals surface area contributed by atoms with Crippen LogP contribution < -0.4 is 11.5 Å². The summed E-state index contributed by atoms with van der Waals surface area (Å²) in [6, 6.07) is 8.85. The highest BCUT2D eigenvalue weighted by Gasteiger charge is 2.13. The molecule has 4 N–H and O–H groups in total. The van der Waals surface area contributed by atoms with Gasteiger partial charge < -0.3 is 11.5 Å². The molecule has 0 fully saturated rings. The van der Waals surface area contributed by atoms with Gasteiger partial charge in [-0.3, -0.25) is 0 Å². The van der Waals surface area contributed by atoms with Crippen molar-refractivity contribution in [3.05, 3.63) is 35.4 Å². The minimum absolute atomic E-state index is 0. The molecular weight excluding hydrogens is 244 g/mol. The number of unbranched alkanes of at least 4 members (excludes halogenated alkanes) is 1. The summed E-state index contributed by atoms with van der Waals surface area (Å²) >= 11 is 0. The van der Waals surface area contributed by atoms with Crippen LogP contribution in [0.1, 0.15) is 57.2 Å². The zero-order valence-corrected chi connectivity index (χ0v) is 12.6. The van der Waals surface area contributed by atoms with Crippen molar-refractivity contribution in [2.24, 2.45) is 11.5 Å². The first-order valence-corrected chi connectivity index (χ1v) is 6.51. The summed E-state index contributed by atoms with van der Waals surface area (Å²) in [6.07, 6.45) is 3.19. The Bertz CT molecular complexity index is 327. The zero-order chi connectivity index (χ0) is 12.9. The van der Waals surface area contributed by atoms with E-state index in [0.717, 1.165) is 25.8 Å². The van der Waals surface area contributed by atoms with Gasteiger partial charge in [-0.15, -0.1) is 12.4 Å². The summed E-state index contributed by atoms with van der Waals surface area (Å²) in [6.45, 7) is 7.44. The maximum absolute atomic E-state index is 6.15. The summed E-state index contributed by atoms with van der Waals surface area (Å²) in [4.78, 5) is 0. The van der Waals surface area contributed by atoms with Crippen molar-refractivity contribution < 1.29 is 0 Å². The molecule has 0 aliphatic rings. The first-order valence-electron chi connectivity index (χ1n) is 6.51. The van der Waals surface area contributed by atoms with Crippen LogP contribution >= 0.6 is 12.4 Å². The number of rotatable bonds is 5. The van der Waals surface area contributed by atoms with Crippen molar-refractivity contribution in [3.63, 3.8) is 0 Å². The molecule has 1 rings (SSSR count). The molecule has 0 aliphatic carbocycles. The fourth-order valence-corrected chi connectivity index (χ4v) is 1.91. The average Bonchev–Trinajstić information content (AvgIpc) is 2.28. The van der Waals surface area contributed by atoms with Crippen LogP contribution in [0.4, 0.5) is 0 Å². The van der Waals surface area contributed by atoms with E-state index in [1.54, 1.807) is 0 Å². The van der Waals surface area contributed by atoms with E-state index < -0.39 is 0 Å². The van der Waals surface area contributed by atoms with Gasteiger partial charge in [-0.2, -0.15) is 0 Å². The molecule has 0 unspecified atom stereocenters. The van der Waals surface area contributed by atoms with E-state index in [-0.39, 0.29) is 23.9 Å². The maximum Gasteiger partial charge on any atom is 0.0294 e. The maximum atomic E-state index is 6.15. The van der Waals surface area contributed by atoms with E-state index in [0.29, 0.717) is 0 Å². The summed E-state index contributed by atoms with van der Waals surface area (Å²) < 4.78 is 0. The Hall–Kier alpha value is -0.570. The molecule has 2 nitrogen and oxygen atoms in total. The molecule has 1 atom stereocenters. The fraction of sp³-hybridized carbons (Fsp3) is 0.600. The summed E-state index contributed by atoms with van der Waals surface area (Å²) in [5.41, 5.74) is 14.4. The molecule has 0 radical (unpaired) electrons. The van der Waals surface area contributed by atoms with Gasteiger partial charge in [0.15, 0.2) is 0 Å².